The monoisotopic (exact) mass is 374 g/mol. The van der Waals surface area contributed by atoms with Crippen LogP contribution in [0.5, 0.6) is 0 Å². The molecule has 1 aliphatic rings. The second-order valence-corrected chi connectivity index (χ2v) is 7.45. The predicted molar refractivity (Wildman–Crippen MR) is 99.5 cm³/mol. The van der Waals surface area contributed by atoms with E-state index < -0.39 is 17.5 Å². The Bertz CT molecular complexity index is 798. The molecule has 2 rings (SSSR count). The number of carbonyl (C=O) groups is 4. The lowest BCUT2D eigenvalue weighted by Gasteiger charge is -2.15. The molecule has 3 amide bonds. The van der Waals surface area contributed by atoms with Crippen molar-refractivity contribution in [3.63, 3.8) is 0 Å². The van der Waals surface area contributed by atoms with Crippen LogP contribution in [0.25, 0.3) is 0 Å². The lowest BCUT2D eigenvalue weighted by molar-refractivity contribution is -0.143. The number of benzene rings is 1. The third kappa shape index (κ3) is 4.72. The van der Waals surface area contributed by atoms with Crippen molar-refractivity contribution in [2.75, 3.05) is 13.2 Å². The first-order chi connectivity index (χ1) is 12.5. The number of esters is 1. The van der Waals surface area contributed by atoms with Crippen molar-refractivity contribution < 1.29 is 23.9 Å². The fourth-order valence-corrected chi connectivity index (χ4v) is 2.96. The van der Waals surface area contributed by atoms with Gasteiger partial charge in [0.2, 0.25) is 5.78 Å². The summed E-state index contributed by atoms with van der Waals surface area (Å²) < 4.78 is 5.05. The molecule has 7 heteroatoms. The number of rotatable bonds is 7. The second kappa shape index (κ2) is 7.90. The third-order valence-corrected chi connectivity index (χ3v) is 4.71. The highest BCUT2D eigenvalue weighted by Crippen LogP contribution is 2.18. The van der Waals surface area contributed by atoms with E-state index >= 15 is 0 Å². The zero-order chi connectivity index (χ0) is 20.4. The normalized spacial score (nSPS) is 15.7. The van der Waals surface area contributed by atoms with E-state index in [2.05, 4.69) is 5.32 Å². The number of nitrogens with one attached hydrogen (secondary N) is 1. The van der Waals surface area contributed by atoms with E-state index in [1.54, 1.807) is 19.9 Å². The van der Waals surface area contributed by atoms with Crippen LogP contribution >= 0.6 is 0 Å². The largest absolute Gasteiger partial charge is 0.457 e. The average molecular weight is 374 g/mol. The highest BCUT2D eigenvalue weighted by atomic mass is 16.5. The molecule has 1 aromatic rings. The highest BCUT2D eigenvalue weighted by Gasteiger charge is 2.43. The minimum Gasteiger partial charge on any atom is -0.457 e. The van der Waals surface area contributed by atoms with Crippen molar-refractivity contribution in [3.05, 3.63) is 34.4 Å². The smallest absolute Gasteiger partial charge is 0.325 e. The first kappa shape index (κ1) is 20.6. The number of ether oxygens (including phenoxy) is 1. The van der Waals surface area contributed by atoms with Gasteiger partial charge < -0.3 is 10.1 Å². The third-order valence-electron chi connectivity index (χ3n) is 4.71. The lowest BCUT2D eigenvalue weighted by atomic mass is 9.98. The number of urea groups is 1. The van der Waals surface area contributed by atoms with Crippen molar-refractivity contribution in [1.82, 2.24) is 10.2 Å². The summed E-state index contributed by atoms with van der Waals surface area (Å²) in [4.78, 5) is 49.1. The Labute approximate surface area is 159 Å². The van der Waals surface area contributed by atoms with Gasteiger partial charge in [0.25, 0.3) is 5.91 Å². The molecule has 1 N–H and O–H groups in total. The van der Waals surface area contributed by atoms with Crippen molar-refractivity contribution >= 4 is 23.7 Å². The van der Waals surface area contributed by atoms with Crippen molar-refractivity contribution in [1.29, 1.82) is 0 Å². The summed E-state index contributed by atoms with van der Waals surface area (Å²) in [6.45, 7) is 8.81. The molecule has 1 aliphatic heterocycles. The van der Waals surface area contributed by atoms with Gasteiger partial charge in [-0.1, -0.05) is 6.07 Å². The van der Waals surface area contributed by atoms with Gasteiger partial charge in [0.1, 0.15) is 5.54 Å². The molecule has 1 heterocycles. The lowest BCUT2D eigenvalue weighted by Crippen LogP contribution is -2.40. The van der Waals surface area contributed by atoms with Crippen LogP contribution in [0, 0.1) is 20.8 Å². The van der Waals surface area contributed by atoms with E-state index in [0.717, 1.165) is 21.6 Å². The molecule has 27 heavy (non-hydrogen) atoms. The number of imide groups is 1. The summed E-state index contributed by atoms with van der Waals surface area (Å²) in [5.74, 6) is -1.10. The van der Waals surface area contributed by atoms with Gasteiger partial charge in [0.05, 0.1) is 0 Å². The quantitative estimate of drug-likeness (QED) is 0.450. The molecule has 1 aromatic carbocycles. The molecule has 0 aliphatic carbocycles. The molecule has 0 aromatic heterocycles. The van der Waals surface area contributed by atoms with E-state index in [0.29, 0.717) is 5.56 Å². The van der Waals surface area contributed by atoms with Gasteiger partial charge in [0, 0.05) is 18.5 Å². The maximum absolute atomic E-state index is 12.3. The van der Waals surface area contributed by atoms with Crippen LogP contribution in [-0.2, 0) is 14.3 Å². The Balaban J connectivity index is 1.80. The summed E-state index contributed by atoms with van der Waals surface area (Å²) in [6, 6.07) is 3.28. The van der Waals surface area contributed by atoms with Crippen LogP contribution in [0.4, 0.5) is 4.79 Å². The van der Waals surface area contributed by atoms with Gasteiger partial charge in [-0.25, -0.2) is 4.79 Å². The van der Waals surface area contributed by atoms with Crippen LogP contribution in [0.1, 0.15) is 53.7 Å². The van der Waals surface area contributed by atoms with E-state index in [1.807, 2.05) is 26.8 Å². The van der Waals surface area contributed by atoms with Crippen LogP contribution in [0.15, 0.2) is 12.1 Å². The molecular formula is C20H26N2O5. The van der Waals surface area contributed by atoms with Gasteiger partial charge >= 0.3 is 12.0 Å². The fraction of sp³-hybridized carbons (Fsp3) is 0.500. The summed E-state index contributed by atoms with van der Waals surface area (Å²) >= 11 is 0. The van der Waals surface area contributed by atoms with Gasteiger partial charge in [-0.2, -0.15) is 0 Å². The molecule has 1 saturated heterocycles. The minimum absolute atomic E-state index is 0.0245. The van der Waals surface area contributed by atoms with Crippen LogP contribution in [0.2, 0.25) is 0 Å². The van der Waals surface area contributed by atoms with Gasteiger partial charge in [0.15, 0.2) is 6.61 Å². The first-order valence-electron chi connectivity index (χ1n) is 8.93. The van der Waals surface area contributed by atoms with Gasteiger partial charge in [-0.15, -0.1) is 0 Å². The zero-order valence-corrected chi connectivity index (χ0v) is 16.5. The Morgan fingerprint density at radius 1 is 1.07 bits per heavy atom. The second-order valence-electron chi connectivity index (χ2n) is 7.45. The van der Waals surface area contributed by atoms with Gasteiger partial charge in [-0.3, -0.25) is 19.3 Å². The number of aryl methyl sites for hydroxylation is 3. The Morgan fingerprint density at radius 2 is 1.70 bits per heavy atom. The molecule has 0 saturated carbocycles. The fourth-order valence-electron chi connectivity index (χ4n) is 2.96. The molecular weight excluding hydrogens is 348 g/mol. The number of carbonyl (C=O) groups excluding carboxylic acids is 4. The van der Waals surface area contributed by atoms with Crippen LogP contribution < -0.4 is 5.32 Å². The van der Waals surface area contributed by atoms with Crippen LogP contribution in [-0.4, -0.2) is 47.3 Å². The molecule has 146 valence electrons. The van der Waals surface area contributed by atoms with Gasteiger partial charge in [-0.05, 0) is 63.8 Å². The number of Topliss-reactive ketones (excluding diaryl/α,β-unsaturated/α-hetero) is 1. The SMILES string of the molecule is Cc1cc(C)c(C(=O)COC(=O)CCCN2C(=O)NC(C)(C)C2=O)cc1C. The predicted octanol–water partition coefficient (Wildman–Crippen LogP) is 2.45. The highest BCUT2D eigenvalue weighted by molar-refractivity contribution is 6.06. The number of ketones is 1. The Morgan fingerprint density at radius 3 is 2.30 bits per heavy atom. The standard InChI is InChI=1S/C20H26N2O5/c1-12-9-14(3)15(10-13(12)2)16(23)11-27-17(24)7-6-8-22-18(25)20(4,5)21-19(22)26/h9-10H,6-8,11H2,1-5H3,(H,21,26). The number of amides is 3. The maximum Gasteiger partial charge on any atom is 0.325 e. The molecule has 7 nitrogen and oxygen atoms in total. The summed E-state index contributed by atoms with van der Waals surface area (Å²) in [5, 5.41) is 2.58. The topological polar surface area (TPSA) is 92.8 Å². The van der Waals surface area contributed by atoms with Crippen molar-refractivity contribution in [2.24, 2.45) is 0 Å². The molecule has 0 bridgehead atoms. The first-order valence-corrected chi connectivity index (χ1v) is 8.93. The zero-order valence-electron chi connectivity index (χ0n) is 16.5. The maximum atomic E-state index is 12.3. The van der Waals surface area contributed by atoms with E-state index in [-0.39, 0.29) is 37.7 Å². The Kier molecular flexibility index (Phi) is 6.03. The summed E-state index contributed by atoms with van der Waals surface area (Å²) in [7, 11) is 0. The summed E-state index contributed by atoms with van der Waals surface area (Å²) in [5.41, 5.74) is 2.58. The molecule has 1 fully saturated rings. The number of hydrogen-bond donors (Lipinski definition) is 1. The number of hydrogen-bond acceptors (Lipinski definition) is 5. The van der Waals surface area contributed by atoms with Crippen molar-refractivity contribution in [2.45, 2.75) is 53.0 Å². The molecule has 0 spiro atoms. The molecule has 0 radical (unpaired) electrons. The van der Waals surface area contributed by atoms with E-state index in [9.17, 15) is 19.2 Å². The average Bonchev–Trinajstić information content (AvgIpc) is 2.77. The Hall–Kier alpha value is -2.70. The molecule has 0 unspecified atom stereocenters. The molecule has 0 atom stereocenters. The van der Waals surface area contributed by atoms with E-state index in [1.165, 1.54) is 0 Å². The van der Waals surface area contributed by atoms with E-state index in [4.69, 9.17) is 4.74 Å². The van der Waals surface area contributed by atoms with Crippen LogP contribution in [0.3, 0.4) is 0 Å². The minimum atomic E-state index is -0.923. The number of nitrogens with zero attached hydrogens (tertiary/aromatic N) is 1. The van der Waals surface area contributed by atoms with Crippen molar-refractivity contribution in [3.8, 4) is 0 Å². The summed E-state index contributed by atoms with van der Waals surface area (Å²) in [6.07, 6.45) is 0.307.